The summed E-state index contributed by atoms with van der Waals surface area (Å²) in [4.78, 5) is 22.6. The number of hydrogen-bond acceptors (Lipinski definition) is 5. The van der Waals surface area contributed by atoms with Crippen LogP contribution in [0.4, 0.5) is 4.39 Å². The summed E-state index contributed by atoms with van der Waals surface area (Å²) in [5, 5.41) is 21.1. The molecular weight excluding hydrogens is 536 g/mol. The number of carbonyl (C=O) groups is 2. The Bertz CT molecular complexity index is 952. The van der Waals surface area contributed by atoms with Gasteiger partial charge in [0.25, 0.3) is 5.91 Å². The van der Waals surface area contributed by atoms with Crippen molar-refractivity contribution in [3.8, 4) is 11.8 Å². The fraction of sp³-hybridized carbons (Fsp3) is 0.0588. The van der Waals surface area contributed by atoms with Crippen LogP contribution >= 0.6 is 38.5 Å². The first kappa shape index (κ1) is 20.8. The number of amides is 1. The third-order valence-electron chi connectivity index (χ3n) is 3.08. The normalized spacial score (nSPS) is 10.4. The quantitative estimate of drug-likeness (QED) is 0.329. The Labute approximate surface area is 175 Å². The van der Waals surface area contributed by atoms with E-state index in [1.807, 2.05) is 22.6 Å². The van der Waals surface area contributed by atoms with Gasteiger partial charge in [-0.3, -0.25) is 4.79 Å². The molecule has 0 bridgehead atoms. The summed E-state index contributed by atoms with van der Waals surface area (Å²) >= 11 is 5.25. The molecule has 0 aliphatic heterocycles. The molecule has 2 N–H and O–H groups in total. The molecule has 0 aromatic heterocycles. The number of halogens is 3. The SMILES string of the molecule is N#Cc1ccc(C(=O)N/N=C\c2cc(Br)c(OCC(=O)O)c(I)c2)c(F)c1. The van der Waals surface area contributed by atoms with Gasteiger partial charge in [-0.2, -0.15) is 10.4 Å². The average Bonchev–Trinajstić information content (AvgIpc) is 2.60. The van der Waals surface area contributed by atoms with Crippen LogP contribution in [0.1, 0.15) is 21.5 Å². The number of benzene rings is 2. The molecule has 0 fully saturated rings. The van der Waals surface area contributed by atoms with Gasteiger partial charge < -0.3 is 9.84 Å². The van der Waals surface area contributed by atoms with E-state index in [0.717, 1.165) is 6.07 Å². The molecule has 10 heteroatoms. The first-order valence-corrected chi connectivity index (χ1v) is 9.05. The Morgan fingerprint density at radius 1 is 1.41 bits per heavy atom. The Morgan fingerprint density at radius 3 is 2.74 bits per heavy atom. The van der Waals surface area contributed by atoms with Crippen LogP contribution < -0.4 is 10.2 Å². The summed E-state index contributed by atoms with van der Waals surface area (Å²) in [5.74, 6) is -2.30. The van der Waals surface area contributed by atoms with Gasteiger partial charge >= 0.3 is 5.97 Å². The molecule has 2 rings (SSSR count). The van der Waals surface area contributed by atoms with Crippen molar-refractivity contribution >= 4 is 56.6 Å². The molecule has 0 spiro atoms. The van der Waals surface area contributed by atoms with Crippen LogP contribution in [0.15, 0.2) is 39.9 Å². The summed E-state index contributed by atoms with van der Waals surface area (Å²) < 4.78 is 20.1. The number of rotatable bonds is 6. The lowest BCUT2D eigenvalue weighted by molar-refractivity contribution is -0.139. The molecule has 0 aliphatic carbocycles. The molecule has 0 aliphatic rings. The van der Waals surface area contributed by atoms with Gasteiger partial charge in [0.05, 0.1) is 31.5 Å². The zero-order valence-electron chi connectivity index (χ0n) is 13.4. The maximum absolute atomic E-state index is 13.8. The second-order valence-electron chi connectivity index (χ2n) is 5.00. The van der Waals surface area contributed by atoms with Crippen molar-refractivity contribution < 1.29 is 23.8 Å². The number of carboxylic acids is 1. The van der Waals surface area contributed by atoms with E-state index in [-0.39, 0.29) is 11.1 Å². The molecule has 0 atom stereocenters. The van der Waals surface area contributed by atoms with E-state index >= 15 is 0 Å². The Kier molecular flexibility index (Phi) is 7.26. The maximum Gasteiger partial charge on any atom is 0.341 e. The number of nitriles is 1. The molecule has 2 aromatic rings. The van der Waals surface area contributed by atoms with Crippen molar-refractivity contribution in [2.24, 2.45) is 5.10 Å². The molecule has 0 radical (unpaired) electrons. The van der Waals surface area contributed by atoms with E-state index < -0.39 is 24.3 Å². The first-order valence-electron chi connectivity index (χ1n) is 7.18. The Hall–Kier alpha value is -2.52. The summed E-state index contributed by atoms with van der Waals surface area (Å²) in [6.07, 6.45) is 1.34. The van der Waals surface area contributed by atoms with Gasteiger partial charge in [0, 0.05) is 0 Å². The standard InChI is InChI=1S/C17H10BrFIN3O4/c18-12-3-10(5-14(20)16(12)27-8-15(24)25)7-22-23-17(26)11-2-1-9(6-21)4-13(11)19/h1-5,7H,8H2,(H,23,26)(H,24,25)/b22-7-. The largest absolute Gasteiger partial charge is 0.480 e. The van der Waals surface area contributed by atoms with Crippen molar-refractivity contribution in [2.45, 2.75) is 0 Å². The van der Waals surface area contributed by atoms with Crippen molar-refractivity contribution in [3.05, 3.63) is 60.9 Å². The van der Waals surface area contributed by atoms with E-state index in [4.69, 9.17) is 15.1 Å². The first-order chi connectivity index (χ1) is 12.8. The van der Waals surface area contributed by atoms with Crippen molar-refractivity contribution in [1.82, 2.24) is 5.43 Å². The number of nitrogens with one attached hydrogen (secondary N) is 1. The minimum absolute atomic E-state index is 0.109. The highest BCUT2D eigenvalue weighted by atomic mass is 127. The van der Waals surface area contributed by atoms with Crippen LogP contribution in [-0.2, 0) is 4.79 Å². The minimum atomic E-state index is -1.10. The molecule has 1 amide bonds. The van der Waals surface area contributed by atoms with Gasteiger partial charge in [-0.15, -0.1) is 0 Å². The van der Waals surface area contributed by atoms with Gasteiger partial charge in [0.2, 0.25) is 0 Å². The van der Waals surface area contributed by atoms with E-state index in [0.29, 0.717) is 19.4 Å². The predicted molar refractivity (Wildman–Crippen MR) is 106 cm³/mol. The molecule has 0 saturated heterocycles. The molecule has 0 heterocycles. The van der Waals surface area contributed by atoms with Gasteiger partial charge in [0.15, 0.2) is 6.61 Å². The van der Waals surface area contributed by atoms with Crippen LogP contribution in [0, 0.1) is 20.7 Å². The second kappa shape index (κ2) is 9.43. The van der Waals surface area contributed by atoms with Crippen LogP contribution in [-0.4, -0.2) is 29.8 Å². The molecule has 0 saturated carbocycles. The number of aliphatic carboxylic acids is 1. The van der Waals surface area contributed by atoms with Gasteiger partial charge in [0.1, 0.15) is 11.6 Å². The summed E-state index contributed by atoms with van der Waals surface area (Å²) in [7, 11) is 0. The molecule has 27 heavy (non-hydrogen) atoms. The average molecular weight is 546 g/mol. The number of ether oxygens (including phenoxy) is 1. The second-order valence-corrected chi connectivity index (χ2v) is 7.02. The Morgan fingerprint density at radius 2 is 2.15 bits per heavy atom. The highest BCUT2D eigenvalue weighted by Gasteiger charge is 2.12. The highest BCUT2D eigenvalue weighted by molar-refractivity contribution is 14.1. The van der Waals surface area contributed by atoms with Crippen LogP contribution in [0.2, 0.25) is 0 Å². The molecule has 0 unspecified atom stereocenters. The van der Waals surface area contributed by atoms with Crippen molar-refractivity contribution in [1.29, 1.82) is 5.26 Å². The van der Waals surface area contributed by atoms with E-state index in [2.05, 4.69) is 26.5 Å². The van der Waals surface area contributed by atoms with Crippen LogP contribution in [0.25, 0.3) is 0 Å². The molecule has 2 aromatic carbocycles. The smallest absolute Gasteiger partial charge is 0.341 e. The fourth-order valence-corrected chi connectivity index (χ4v) is 3.69. The third kappa shape index (κ3) is 5.73. The van der Waals surface area contributed by atoms with Crippen LogP contribution in [0.5, 0.6) is 5.75 Å². The third-order valence-corrected chi connectivity index (χ3v) is 4.47. The van der Waals surface area contributed by atoms with E-state index in [9.17, 15) is 14.0 Å². The lowest BCUT2D eigenvalue weighted by Gasteiger charge is -2.09. The maximum atomic E-state index is 13.8. The van der Waals surface area contributed by atoms with E-state index in [1.165, 1.54) is 18.3 Å². The van der Waals surface area contributed by atoms with Gasteiger partial charge in [-0.25, -0.2) is 14.6 Å². The monoisotopic (exact) mass is 545 g/mol. The van der Waals surface area contributed by atoms with E-state index in [1.54, 1.807) is 18.2 Å². The zero-order valence-corrected chi connectivity index (χ0v) is 17.1. The number of nitrogens with zero attached hydrogens (tertiary/aromatic N) is 2. The summed E-state index contributed by atoms with van der Waals surface area (Å²) in [6.45, 7) is -0.478. The zero-order chi connectivity index (χ0) is 20.0. The summed E-state index contributed by atoms with van der Waals surface area (Å²) in [6, 6.07) is 8.57. The molecule has 7 nitrogen and oxygen atoms in total. The topological polar surface area (TPSA) is 112 Å². The summed E-state index contributed by atoms with van der Waals surface area (Å²) in [5.41, 5.74) is 2.66. The van der Waals surface area contributed by atoms with Crippen LogP contribution in [0.3, 0.4) is 0 Å². The van der Waals surface area contributed by atoms with Gasteiger partial charge in [-0.1, -0.05) is 0 Å². The van der Waals surface area contributed by atoms with Gasteiger partial charge in [-0.05, 0) is 74.4 Å². The molecular formula is C17H10BrFIN3O4. The fourth-order valence-electron chi connectivity index (χ4n) is 1.92. The van der Waals surface area contributed by atoms with Crippen molar-refractivity contribution in [3.63, 3.8) is 0 Å². The number of hydrogen-bond donors (Lipinski definition) is 2. The lowest BCUT2D eigenvalue weighted by Crippen LogP contribution is -2.19. The lowest BCUT2D eigenvalue weighted by atomic mass is 10.1. The highest BCUT2D eigenvalue weighted by Crippen LogP contribution is 2.31. The predicted octanol–water partition coefficient (Wildman–Crippen LogP) is 3.29. The minimum Gasteiger partial charge on any atom is -0.480 e. The van der Waals surface area contributed by atoms with Crippen molar-refractivity contribution in [2.75, 3.05) is 6.61 Å². The Balaban J connectivity index is 2.09. The molecule has 138 valence electrons. The number of carboxylic acid groups (broad SMARTS) is 1. The number of hydrazone groups is 1. The number of carbonyl (C=O) groups excluding carboxylic acids is 1.